The Morgan fingerprint density at radius 2 is 1.29 bits per heavy atom. The first-order chi connectivity index (χ1) is 55.6. The van der Waals surface area contributed by atoms with Gasteiger partial charge in [0.05, 0.1) is 32.3 Å². The summed E-state index contributed by atoms with van der Waals surface area (Å²) in [5.74, 6) is -15.4. The number of rotatable bonds is 37. The second-order valence-corrected chi connectivity index (χ2v) is 32.7. The molecular weight excluding hydrogens is 1590 g/mol. The van der Waals surface area contributed by atoms with Crippen molar-refractivity contribution in [1.29, 1.82) is 0 Å². The minimum absolute atomic E-state index is 0.00760. The molecule has 9 rings (SSSR count). The van der Waals surface area contributed by atoms with Crippen LogP contribution in [0.15, 0.2) is 78.9 Å². The van der Waals surface area contributed by atoms with Crippen molar-refractivity contribution in [2.24, 2.45) is 5.41 Å². The van der Waals surface area contributed by atoms with E-state index in [0.717, 1.165) is 38.1 Å². The number of benzene rings is 3. The molecule has 636 valence electrons. The molecule has 40 heteroatoms. The number of aromatic nitrogens is 1. The van der Waals surface area contributed by atoms with Crippen LogP contribution < -0.4 is 57.7 Å². The van der Waals surface area contributed by atoms with Crippen LogP contribution in [0.25, 0.3) is 10.9 Å². The number of aliphatic hydroxyl groups is 3. The zero-order valence-corrected chi connectivity index (χ0v) is 67.4. The van der Waals surface area contributed by atoms with Crippen molar-refractivity contribution in [3.63, 3.8) is 0 Å². The fraction of sp³-hybridized carbons (Fsp3) is 0.532. The molecule has 1 saturated carbocycles. The smallest absolute Gasteiger partial charge is 0.426 e. The Balaban J connectivity index is 0.829. The quantitative estimate of drug-likeness (QED) is 0.00749. The van der Waals surface area contributed by atoms with Gasteiger partial charge in [-0.1, -0.05) is 96.1 Å². The summed E-state index contributed by atoms with van der Waals surface area (Å²) in [7, 11) is 6.47. The van der Waals surface area contributed by atoms with Crippen molar-refractivity contribution in [2.75, 3.05) is 70.5 Å². The molecule has 19 N–H and O–H groups in total. The van der Waals surface area contributed by atoms with Gasteiger partial charge in [-0.15, -0.1) is 0 Å². The average molecular weight is 1690 g/mol. The summed E-state index contributed by atoms with van der Waals surface area (Å²) in [6.45, 7) is 5.19. The van der Waals surface area contributed by atoms with Crippen molar-refractivity contribution in [3.05, 3.63) is 107 Å². The summed E-state index contributed by atoms with van der Waals surface area (Å²) in [6, 6.07) is 7.55. The number of para-hydroxylation sites is 1. The van der Waals surface area contributed by atoms with Crippen molar-refractivity contribution < 1.29 is 122 Å². The number of aliphatic carboxylic acids is 6. The highest BCUT2D eigenvalue weighted by Crippen LogP contribution is 2.67. The van der Waals surface area contributed by atoms with Crippen molar-refractivity contribution >= 4 is 133 Å². The molecular formula is C77H100N12O25S3. The van der Waals surface area contributed by atoms with Crippen LogP contribution in [-0.4, -0.2) is 270 Å². The van der Waals surface area contributed by atoms with Crippen LogP contribution in [0.4, 0.5) is 10.5 Å². The number of likely N-dealkylation sites (N-methyl/N-ethyl adjacent to an activating group) is 1. The van der Waals surface area contributed by atoms with Crippen LogP contribution in [0, 0.1) is 5.41 Å². The van der Waals surface area contributed by atoms with Gasteiger partial charge in [0.1, 0.15) is 60.1 Å². The zero-order chi connectivity index (χ0) is 85.5. The van der Waals surface area contributed by atoms with Crippen LogP contribution in [0.1, 0.15) is 125 Å². The number of carbonyl (C=O) groups excluding carboxylic acids is 7. The summed E-state index contributed by atoms with van der Waals surface area (Å²) in [5, 5.41) is 114. The van der Waals surface area contributed by atoms with Crippen molar-refractivity contribution in [3.8, 4) is 5.75 Å². The molecule has 117 heavy (non-hydrogen) atoms. The van der Waals surface area contributed by atoms with Gasteiger partial charge in [-0.2, -0.15) is 0 Å². The second-order valence-electron chi connectivity index (χ2n) is 29.7. The summed E-state index contributed by atoms with van der Waals surface area (Å²) in [4.78, 5) is 178. The van der Waals surface area contributed by atoms with Gasteiger partial charge in [-0.05, 0) is 118 Å². The van der Waals surface area contributed by atoms with Gasteiger partial charge in [0, 0.05) is 108 Å². The number of carbonyl (C=O) groups is 13. The normalized spacial score (nSPS) is 24.0. The van der Waals surface area contributed by atoms with E-state index in [1.165, 1.54) is 14.2 Å². The number of hydrogen-bond acceptors (Lipinski definition) is 25. The molecule has 1 aliphatic carbocycles. The third kappa shape index (κ3) is 19.9. The van der Waals surface area contributed by atoms with E-state index in [1.54, 1.807) is 48.3 Å². The molecule has 1 spiro atoms. The van der Waals surface area contributed by atoms with E-state index in [0.29, 0.717) is 92.1 Å². The molecule has 37 nitrogen and oxygen atoms in total. The Kier molecular flexibility index (Phi) is 30.4. The molecule has 0 unspecified atom stereocenters. The molecule has 6 amide bonds. The van der Waals surface area contributed by atoms with E-state index in [-0.39, 0.29) is 37.4 Å². The predicted octanol–water partition coefficient (Wildman–Crippen LogP) is 1.06. The van der Waals surface area contributed by atoms with Crippen LogP contribution in [-0.2, 0) is 90.7 Å². The Morgan fingerprint density at radius 1 is 0.675 bits per heavy atom. The molecule has 1 saturated heterocycles. The number of nitrogens with one attached hydrogen (secondary N) is 10. The van der Waals surface area contributed by atoms with Gasteiger partial charge in [-0.25, -0.2) is 29.4 Å². The Labute approximate surface area is 685 Å². The Hall–Kier alpha value is -10.4. The number of anilines is 1. The number of aliphatic hydroxyl groups excluding tert-OH is 1. The number of thiocarbonyl (C=S) groups is 1. The number of hydrazine groups is 1. The van der Waals surface area contributed by atoms with Crippen molar-refractivity contribution in [1.82, 2.24) is 58.0 Å². The first-order valence-corrected chi connectivity index (χ1v) is 41.0. The zero-order valence-electron chi connectivity index (χ0n) is 64.9. The number of ether oxygens (including phenoxy) is 3. The molecule has 4 aromatic rings. The molecule has 1 aromatic heterocycles. The molecule has 5 aliphatic rings. The molecule has 5 heterocycles. The number of nitrogens with zero attached hydrogens (tertiary/aromatic N) is 2. The van der Waals surface area contributed by atoms with Crippen LogP contribution >= 0.6 is 33.8 Å². The van der Waals surface area contributed by atoms with Crippen LogP contribution in [0.3, 0.4) is 0 Å². The maximum Gasteiger partial charge on any atom is 0.426 e. The maximum atomic E-state index is 15.4. The third-order valence-corrected chi connectivity index (χ3v) is 25.4. The number of β-amino-alcohol motifs (C(OH)–C–C–N with tert-alkyl or cyclic N) is 1. The first kappa shape index (κ1) is 90.6. The van der Waals surface area contributed by atoms with E-state index in [9.17, 15) is 93.6 Å². The lowest BCUT2D eigenvalue weighted by atomic mass is 9.47. The standard InChI is InChI=1S/C77H100N12O25S3/c1-6-73(110)26-13-28-75(70(108)113-5,59-43(25-30-78-40-73)42-17-11-12-18-46(42)81-59)45-36-44-53(38-54(45)112-4)88(3)67-76(44)29-32-89-31-14-27-74(7-2,66(76)89)68(106)77(67,111)69(107)86-87-72(109)114-33-34-116-117-39-52(65(104)105)83-60(96)50(35-41-15-9-8-10-16-41)82-61(97)51(37-58(94)95)80-56(91)22-19-47(62(98)99)79-55(90)23-20-48(63(100)101)84-71(115)85-49(64(102)103)21-24-57(92)93/h8-12,14-18,27,36,38,47-52,66-68,78,81,106,110-111H,6-7,13,19-26,28-35,37,39-40H2,1-5H3,(H,79,90)(H,80,91)(H,82,97)(H,83,96)(H,86,107)(H,87,109)(H,92,93)(H,94,95)(H,98,99)(H,100,101)(H,102,103)(H,104,105)(H2,84,85,115)/t47-,48-,49+,50-,51-,52+,66+,67+,68+,73-,74+,75-,76+,77-/m0/s1. The van der Waals surface area contributed by atoms with Crippen LogP contribution in [0.2, 0.25) is 0 Å². The van der Waals surface area contributed by atoms with E-state index < -0.39 is 209 Å². The summed E-state index contributed by atoms with van der Waals surface area (Å²) < 4.78 is 17.7. The highest BCUT2D eigenvalue weighted by atomic mass is 33.1. The van der Waals surface area contributed by atoms with Crippen molar-refractivity contribution in [2.45, 2.75) is 187 Å². The molecule has 14 atom stereocenters. The molecule has 4 aliphatic heterocycles. The largest absolute Gasteiger partial charge is 0.496 e. The number of carboxylic acids is 6. The number of methoxy groups -OCH3 is 2. The van der Waals surface area contributed by atoms with E-state index >= 15 is 9.59 Å². The lowest BCUT2D eigenvalue weighted by molar-refractivity contribution is -0.204. The van der Waals surface area contributed by atoms with Gasteiger partial charge in [0.15, 0.2) is 10.7 Å². The second kappa shape index (κ2) is 39.3. The Morgan fingerprint density at radius 3 is 1.91 bits per heavy atom. The maximum absolute atomic E-state index is 15.4. The molecule has 0 radical (unpaired) electrons. The van der Waals surface area contributed by atoms with Gasteiger partial charge >= 0.3 is 47.9 Å². The third-order valence-electron chi connectivity index (χ3n) is 22.8. The van der Waals surface area contributed by atoms with Gasteiger partial charge in [0.2, 0.25) is 23.6 Å². The lowest BCUT2D eigenvalue weighted by Crippen LogP contribution is -2.82. The summed E-state index contributed by atoms with van der Waals surface area (Å²) in [5.41, 5.74) is 1.00. The molecule has 0 bridgehead atoms. The molecule has 3 aromatic carbocycles. The number of esters is 1. The lowest BCUT2D eigenvalue weighted by Gasteiger charge is -2.63. The Bertz CT molecular complexity index is 4440. The molecule has 2 fully saturated rings. The number of H-pyrrole nitrogens is 1. The monoisotopic (exact) mass is 1690 g/mol. The fourth-order valence-corrected chi connectivity index (χ4v) is 19.4. The SMILES string of the molecule is CC[C@]1(O)CCC[C@](C(=O)OC)(c2cc3c(cc2OC)N(C)[C@H]2[C@@](O)(C(=O)NNC(=O)OCCSSC[C@@H](NC(=O)[C@H](Cc4ccccc4)NC(=O)[C@H](CC(=O)O)NC(=O)CC[C@H](NC(=O)CC[C@H](NC(=S)N[C@H](CCC(=O)O)C(=O)O)C(=O)O)C(=O)O)C(=O)O)[C@H](O)[C@]4(CC)C=CCN5CC[C@]32[C@H]54)c2[nH]c3ccccc3c2CCNC1. The number of hydrogen-bond donors (Lipinski definition) is 19. The highest BCUT2D eigenvalue weighted by Gasteiger charge is 2.79. The van der Waals surface area contributed by atoms with Gasteiger partial charge in [0.25, 0.3) is 5.91 Å². The van der Waals surface area contributed by atoms with Crippen LogP contribution in [0.5, 0.6) is 5.75 Å². The summed E-state index contributed by atoms with van der Waals surface area (Å²) in [6.07, 6.45) is -1.89. The first-order valence-electron chi connectivity index (χ1n) is 38.1. The topological polar surface area (TPSA) is 562 Å². The number of aromatic amines is 1. The summed E-state index contributed by atoms with van der Waals surface area (Å²) >= 11 is 4.99. The number of amides is 6. The average Bonchev–Trinajstić information content (AvgIpc) is 1.49. The minimum atomic E-state index is -2.72. The number of fused-ring (bicyclic) bond motifs is 4. The minimum Gasteiger partial charge on any atom is -0.496 e. The van der Waals surface area contributed by atoms with E-state index in [2.05, 4.69) is 58.0 Å². The number of carboxylic acid groups (broad SMARTS) is 6. The fourth-order valence-electron chi connectivity index (χ4n) is 17.2. The van der Waals surface area contributed by atoms with Gasteiger partial charge in [-0.3, -0.25) is 48.7 Å². The van der Waals surface area contributed by atoms with Gasteiger partial charge < -0.3 is 107 Å². The van der Waals surface area contributed by atoms with E-state index in [1.807, 2.05) is 56.3 Å². The predicted molar refractivity (Wildman–Crippen MR) is 426 cm³/mol. The highest BCUT2D eigenvalue weighted by molar-refractivity contribution is 8.76. The van der Waals surface area contributed by atoms with E-state index in [4.69, 9.17) is 31.5 Å².